The second kappa shape index (κ2) is 9.63. The van der Waals surface area contributed by atoms with Gasteiger partial charge in [0.05, 0.1) is 23.2 Å². The summed E-state index contributed by atoms with van der Waals surface area (Å²) in [6.45, 7) is 2.86. The summed E-state index contributed by atoms with van der Waals surface area (Å²) in [4.78, 5) is 28.6. The van der Waals surface area contributed by atoms with Crippen molar-refractivity contribution in [3.05, 3.63) is 35.7 Å². The number of amides is 2. The van der Waals surface area contributed by atoms with E-state index < -0.39 is 11.9 Å². The molecular formula is C24H29FN6O3. The standard InChI is InChI=1S/C24H29FN6O3/c1-2-26-24(33)31-23-29-17-10-16(20(25)19(21(17)30-23)18-4-3-9-34-18)14-11-27-22(28-12-14)13-5-7-15(32)8-6-13/h10-13,15,18,32H,2-9H2,1H3,(H3,26,29,30,31,33). The van der Waals surface area contributed by atoms with Crippen molar-refractivity contribution in [1.29, 1.82) is 0 Å². The Morgan fingerprint density at radius 2 is 2.00 bits per heavy atom. The number of anilines is 1. The van der Waals surface area contributed by atoms with Crippen LogP contribution >= 0.6 is 0 Å². The zero-order valence-corrected chi connectivity index (χ0v) is 19.1. The molecule has 0 radical (unpaired) electrons. The quantitative estimate of drug-likeness (QED) is 0.445. The van der Waals surface area contributed by atoms with Gasteiger partial charge in [-0.3, -0.25) is 5.32 Å². The number of urea groups is 1. The molecule has 2 aliphatic rings. The highest BCUT2D eigenvalue weighted by Crippen LogP contribution is 2.39. The van der Waals surface area contributed by atoms with E-state index in [-0.39, 0.29) is 24.0 Å². The minimum Gasteiger partial charge on any atom is -0.393 e. The van der Waals surface area contributed by atoms with Crippen molar-refractivity contribution in [3.63, 3.8) is 0 Å². The Balaban J connectivity index is 1.51. The van der Waals surface area contributed by atoms with Crippen LogP contribution in [0, 0.1) is 5.82 Å². The number of aliphatic hydroxyl groups is 1. The molecule has 2 fully saturated rings. The Hall–Kier alpha value is -3.11. The fourth-order valence-electron chi connectivity index (χ4n) is 4.86. The van der Waals surface area contributed by atoms with Crippen molar-refractivity contribution < 1.29 is 19.0 Å². The van der Waals surface area contributed by atoms with Crippen LogP contribution in [0.3, 0.4) is 0 Å². The molecule has 3 heterocycles. The number of ether oxygens (including phenoxy) is 1. The largest absolute Gasteiger partial charge is 0.393 e. The van der Waals surface area contributed by atoms with E-state index in [1.807, 2.05) is 6.92 Å². The molecule has 3 aromatic rings. The van der Waals surface area contributed by atoms with Gasteiger partial charge in [-0.25, -0.2) is 24.1 Å². The van der Waals surface area contributed by atoms with Gasteiger partial charge in [0, 0.05) is 48.2 Å². The fourth-order valence-corrected chi connectivity index (χ4v) is 4.86. The van der Waals surface area contributed by atoms with E-state index in [2.05, 4.69) is 30.6 Å². The summed E-state index contributed by atoms with van der Waals surface area (Å²) in [6.07, 6.45) is 7.40. The minimum atomic E-state index is -0.410. The van der Waals surface area contributed by atoms with Crippen LogP contribution in [0.1, 0.15) is 68.9 Å². The first-order chi connectivity index (χ1) is 16.5. The van der Waals surface area contributed by atoms with Crippen LogP contribution in [0.5, 0.6) is 0 Å². The van der Waals surface area contributed by atoms with Gasteiger partial charge in [0.25, 0.3) is 0 Å². The van der Waals surface area contributed by atoms with E-state index in [1.165, 1.54) is 0 Å². The molecule has 34 heavy (non-hydrogen) atoms. The van der Waals surface area contributed by atoms with Crippen molar-refractivity contribution in [2.24, 2.45) is 0 Å². The first kappa shape index (κ1) is 22.7. The third kappa shape index (κ3) is 4.47. The fraction of sp³-hybridized carbons (Fsp3) is 0.500. The molecule has 0 spiro atoms. The normalized spacial score (nSPS) is 22.7. The number of aromatic nitrogens is 4. The van der Waals surface area contributed by atoms with Crippen LogP contribution in [0.25, 0.3) is 22.2 Å². The number of benzene rings is 1. The van der Waals surface area contributed by atoms with Gasteiger partial charge in [-0.05, 0) is 51.5 Å². The molecule has 1 atom stereocenters. The van der Waals surface area contributed by atoms with Gasteiger partial charge in [0.2, 0.25) is 5.95 Å². The third-order valence-corrected chi connectivity index (χ3v) is 6.61. The number of carbonyl (C=O) groups excluding carboxylic acids is 1. The van der Waals surface area contributed by atoms with Gasteiger partial charge in [-0.15, -0.1) is 0 Å². The SMILES string of the molecule is CCNC(=O)Nc1nc2c(C3CCCO3)c(F)c(-c3cnc(C4CCC(O)CC4)nc3)cc2[nH]1. The van der Waals surface area contributed by atoms with Crippen LogP contribution in [-0.4, -0.2) is 50.3 Å². The van der Waals surface area contributed by atoms with Gasteiger partial charge in [-0.1, -0.05) is 0 Å². The molecular weight excluding hydrogens is 439 g/mol. The van der Waals surface area contributed by atoms with Crippen molar-refractivity contribution in [2.45, 2.75) is 63.6 Å². The first-order valence-electron chi connectivity index (χ1n) is 11.9. The maximum Gasteiger partial charge on any atom is 0.321 e. The Bertz CT molecular complexity index is 1170. The Morgan fingerprint density at radius 3 is 2.68 bits per heavy atom. The molecule has 9 nitrogen and oxygen atoms in total. The maximum atomic E-state index is 15.9. The minimum absolute atomic E-state index is 0.211. The van der Waals surface area contributed by atoms with Crippen molar-refractivity contribution in [3.8, 4) is 11.1 Å². The zero-order chi connectivity index (χ0) is 23.7. The van der Waals surface area contributed by atoms with Crippen LogP contribution in [0.2, 0.25) is 0 Å². The summed E-state index contributed by atoms with van der Waals surface area (Å²) < 4.78 is 21.7. The molecule has 1 unspecified atom stereocenters. The average Bonchev–Trinajstić information content (AvgIpc) is 3.49. The van der Waals surface area contributed by atoms with Crippen molar-refractivity contribution in [1.82, 2.24) is 25.3 Å². The van der Waals surface area contributed by atoms with Crippen LogP contribution in [-0.2, 0) is 4.74 Å². The van der Waals surface area contributed by atoms with E-state index in [4.69, 9.17) is 4.74 Å². The summed E-state index contributed by atoms with van der Waals surface area (Å²) in [5.41, 5.74) is 2.34. The van der Waals surface area contributed by atoms with Gasteiger partial charge in [0.15, 0.2) is 0 Å². The number of aromatic amines is 1. The second-order valence-corrected chi connectivity index (χ2v) is 8.95. The molecule has 1 aromatic carbocycles. The van der Waals surface area contributed by atoms with Gasteiger partial charge < -0.3 is 20.1 Å². The monoisotopic (exact) mass is 468 g/mol. The summed E-state index contributed by atoms with van der Waals surface area (Å²) in [5.74, 6) is 0.768. The van der Waals surface area contributed by atoms with Crippen LogP contribution in [0.4, 0.5) is 15.1 Å². The molecule has 0 bridgehead atoms. The van der Waals surface area contributed by atoms with E-state index >= 15 is 4.39 Å². The second-order valence-electron chi connectivity index (χ2n) is 8.95. The topological polar surface area (TPSA) is 125 Å². The number of H-pyrrole nitrogens is 1. The number of aliphatic hydroxyl groups excluding tert-OH is 1. The third-order valence-electron chi connectivity index (χ3n) is 6.61. The molecule has 2 amide bonds. The highest BCUT2D eigenvalue weighted by Gasteiger charge is 2.29. The molecule has 2 aromatic heterocycles. The molecule has 1 aliphatic carbocycles. The lowest BCUT2D eigenvalue weighted by Gasteiger charge is -2.24. The maximum absolute atomic E-state index is 15.9. The number of hydrogen-bond donors (Lipinski definition) is 4. The summed E-state index contributed by atoms with van der Waals surface area (Å²) >= 11 is 0. The number of nitrogens with zero attached hydrogens (tertiary/aromatic N) is 3. The smallest absolute Gasteiger partial charge is 0.321 e. The van der Waals surface area contributed by atoms with E-state index in [0.29, 0.717) is 47.3 Å². The number of halogens is 1. The number of rotatable bonds is 5. The van der Waals surface area contributed by atoms with Gasteiger partial charge in [-0.2, -0.15) is 0 Å². The number of fused-ring (bicyclic) bond motifs is 1. The molecule has 5 rings (SSSR count). The average molecular weight is 469 g/mol. The Kier molecular flexibility index (Phi) is 6.42. The molecule has 10 heteroatoms. The van der Waals surface area contributed by atoms with Crippen LogP contribution < -0.4 is 10.6 Å². The van der Waals surface area contributed by atoms with Crippen molar-refractivity contribution >= 4 is 23.0 Å². The predicted molar refractivity (Wildman–Crippen MR) is 125 cm³/mol. The lowest BCUT2D eigenvalue weighted by Crippen LogP contribution is -2.28. The first-order valence-corrected chi connectivity index (χ1v) is 11.9. The van der Waals surface area contributed by atoms with Gasteiger partial charge in [0.1, 0.15) is 11.6 Å². The van der Waals surface area contributed by atoms with Crippen LogP contribution in [0.15, 0.2) is 18.5 Å². The summed E-state index contributed by atoms with van der Waals surface area (Å²) in [7, 11) is 0. The number of imidazole rings is 1. The van der Waals surface area contributed by atoms with Crippen molar-refractivity contribution in [2.75, 3.05) is 18.5 Å². The number of carbonyl (C=O) groups is 1. The summed E-state index contributed by atoms with van der Waals surface area (Å²) in [6, 6.07) is 1.29. The van der Waals surface area contributed by atoms with E-state index in [0.717, 1.165) is 37.9 Å². The Labute approximate surface area is 196 Å². The molecule has 1 saturated carbocycles. The lowest BCUT2D eigenvalue weighted by atomic mass is 9.87. The highest BCUT2D eigenvalue weighted by molar-refractivity contribution is 5.92. The number of hydrogen-bond acceptors (Lipinski definition) is 6. The van der Waals surface area contributed by atoms with E-state index in [9.17, 15) is 9.90 Å². The molecule has 4 N–H and O–H groups in total. The highest BCUT2D eigenvalue weighted by atomic mass is 19.1. The van der Waals surface area contributed by atoms with E-state index in [1.54, 1.807) is 18.5 Å². The summed E-state index contributed by atoms with van der Waals surface area (Å²) in [5, 5.41) is 15.1. The lowest BCUT2D eigenvalue weighted by molar-refractivity contribution is 0.110. The van der Waals surface area contributed by atoms with Gasteiger partial charge >= 0.3 is 6.03 Å². The predicted octanol–water partition coefficient (Wildman–Crippen LogP) is 4.17. The molecule has 1 aliphatic heterocycles. The Morgan fingerprint density at radius 1 is 1.24 bits per heavy atom. The number of nitrogens with one attached hydrogen (secondary N) is 3. The zero-order valence-electron chi connectivity index (χ0n) is 19.1. The molecule has 180 valence electrons. The molecule has 1 saturated heterocycles.